The van der Waals surface area contributed by atoms with Gasteiger partial charge in [0, 0.05) is 26.2 Å². The number of amides is 2. The Kier molecular flexibility index (Phi) is 6.31. The van der Waals surface area contributed by atoms with Crippen molar-refractivity contribution in [3.8, 4) is 0 Å². The third-order valence-electron chi connectivity index (χ3n) is 4.24. The Hall–Kier alpha value is -1.95. The van der Waals surface area contributed by atoms with Crippen molar-refractivity contribution in [2.24, 2.45) is 5.92 Å². The Morgan fingerprint density at radius 2 is 1.79 bits per heavy atom. The molecule has 0 aliphatic carbocycles. The van der Waals surface area contributed by atoms with E-state index in [0.29, 0.717) is 19.5 Å². The van der Waals surface area contributed by atoms with Gasteiger partial charge in [0.05, 0.1) is 5.56 Å². The average molecular weight is 335 g/mol. The van der Waals surface area contributed by atoms with Gasteiger partial charge in [-0.2, -0.15) is 0 Å². The first kappa shape index (κ1) is 18.4. The van der Waals surface area contributed by atoms with E-state index in [1.807, 2.05) is 20.9 Å². The number of rotatable bonds is 5. The molecule has 6 heteroatoms. The first-order chi connectivity index (χ1) is 11.4. The summed E-state index contributed by atoms with van der Waals surface area (Å²) < 4.78 is 13.8. The molecular weight excluding hydrogens is 309 g/mol. The first-order valence-corrected chi connectivity index (χ1v) is 8.41. The standard InChI is InChI=1S/C18H26FN3O2/c1-13(2)12-16(18(24)22-10-8-21(3)9-11-22)20-17(23)14-6-4-5-7-15(14)19/h4-7,13,16H,8-12H2,1-3H3,(H,20,23)/t16-/m1/s1. The molecule has 132 valence electrons. The lowest BCUT2D eigenvalue weighted by molar-refractivity contribution is -0.135. The predicted octanol–water partition coefficient (Wildman–Crippen LogP) is 1.74. The summed E-state index contributed by atoms with van der Waals surface area (Å²) in [5.74, 6) is -0.958. The van der Waals surface area contributed by atoms with Gasteiger partial charge in [-0.25, -0.2) is 4.39 Å². The number of likely N-dealkylation sites (N-methyl/N-ethyl adjacent to an activating group) is 1. The van der Waals surface area contributed by atoms with E-state index in [-0.39, 0.29) is 17.4 Å². The second-order valence-electron chi connectivity index (χ2n) is 6.76. The molecule has 1 fully saturated rings. The molecule has 1 heterocycles. The van der Waals surface area contributed by atoms with Crippen molar-refractivity contribution in [1.82, 2.24) is 15.1 Å². The summed E-state index contributed by atoms with van der Waals surface area (Å²) in [6.07, 6.45) is 0.533. The summed E-state index contributed by atoms with van der Waals surface area (Å²) in [6, 6.07) is 5.19. The van der Waals surface area contributed by atoms with Crippen molar-refractivity contribution >= 4 is 11.8 Å². The third-order valence-corrected chi connectivity index (χ3v) is 4.24. The molecular formula is C18H26FN3O2. The van der Waals surface area contributed by atoms with Crippen LogP contribution in [0, 0.1) is 11.7 Å². The van der Waals surface area contributed by atoms with E-state index < -0.39 is 17.8 Å². The van der Waals surface area contributed by atoms with Gasteiger partial charge >= 0.3 is 0 Å². The van der Waals surface area contributed by atoms with E-state index in [0.717, 1.165) is 13.1 Å². The second-order valence-corrected chi connectivity index (χ2v) is 6.76. The maximum absolute atomic E-state index is 13.8. The molecule has 2 amide bonds. The Labute approximate surface area is 142 Å². The molecule has 0 radical (unpaired) electrons. The normalized spacial score (nSPS) is 17.0. The predicted molar refractivity (Wildman–Crippen MR) is 91.2 cm³/mol. The highest BCUT2D eigenvalue weighted by Gasteiger charge is 2.29. The summed E-state index contributed by atoms with van der Waals surface area (Å²) in [5, 5.41) is 2.73. The molecule has 0 unspecified atom stereocenters. The largest absolute Gasteiger partial charge is 0.340 e. The van der Waals surface area contributed by atoms with E-state index in [1.54, 1.807) is 11.0 Å². The van der Waals surface area contributed by atoms with Gasteiger partial charge in [-0.3, -0.25) is 9.59 Å². The van der Waals surface area contributed by atoms with E-state index in [4.69, 9.17) is 0 Å². The van der Waals surface area contributed by atoms with Crippen LogP contribution in [-0.4, -0.2) is 60.9 Å². The van der Waals surface area contributed by atoms with Crippen molar-refractivity contribution in [2.45, 2.75) is 26.3 Å². The molecule has 0 spiro atoms. The van der Waals surface area contributed by atoms with E-state index >= 15 is 0 Å². The van der Waals surface area contributed by atoms with Gasteiger partial charge in [0.25, 0.3) is 5.91 Å². The Morgan fingerprint density at radius 3 is 2.38 bits per heavy atom. The monoisotopic (exact) mass is 335 g/mol. The van der Waals surface area contributed by atoms with Gasteiger partial charge in [0.2, 0.25) is 5.91 Å². The van der Waals surface area contributed by atoms with Crippen molar-refractivity contribution < 1.29 is 14.0 Å². The zero-order chi connectivity index (χ0) is 17.7. The molecule has 5 nitrogen and oxygen atoms in total. The number of nitrogens with zero attached hydrogens (tertiary/aromatic N) is 2. The third kappa shape index (κ3) is 4.77. The van der Waals surface area contributed by atoms with Crippen molar-refractivity contribution in [3.05, 3.63) is 35.6 Å². The van der Waals surface area contributed by atoms with Crippen LogP contribution in [0.15, 0.2) is 24.3 Å². The van der Waals surface area contributed by atoms with Crippen molar-refractivity contribution in [2.75, 3.05) is 33.2 Å². The number of halogens is 1. The van der Waals surface area contributed by atoms with Crippen LogP contribution in [0.5, 0.6) is 0 Å². The number of piperazine rings is 1. The molecule has 0 saturated carbocycles. The quantitative estimate of drug-likeness (QED) is 0.892. The number of nitrogens with one attached hydrogen (secondary N) is 1. The first-order valence-electron chi connectivity index (χ1n) is 8.41. The summed E-state index contributed by atoms with van der Waals surface area (Å²) in [6.45, 7) is 6.95. The summed E-state index contributed by atoms with van der Waals surface area (Å²) in [7, 11) is 2.02. The average Bonchev–Trinajstić information content (AvgIpc) is 2.54. The smallest absolute Gasteiger partial charge is 0.254 e. The van der Waals surface area contributed by atoms with Crippen molar-refractivity contribution in [3.63, 3.8) is 0 Å². The zero-order valence-electron chi connectivity index (χ0n) is 14.6. The molecule has 1 saturated heterocycles. The number of carbonyl (C=O) groups is 2. The lowest BCUT2D eigenvalue weighted by Crippen LogP contribution is -2.54. The number of hydrogen-bond donors (Lipinski definition) is 1. The SMILES string of the molecule is CC(C)C[C@@H](NC(=O)c1ccccc1F)C(=O)N1CCN(C)CC1. The van der Waals surface area contributed by atoms with Crippen LogP contribution in [0.3, 0.4) is 0 Å². The maximum atomic E-state index is 13.8. The van der Waals surface area contributed by atoms with Crippen LogP contribution in [0.4, 0.5) is 4.39 Å². The molecule has 1 aromatic carbocycles. The molecule has 0 bridgehead atoms. The van der Waals surface area contributed by atoms with Gasteiger partial charge < -0.3 is 15.1 Å². The summed E-state index contributed by atoms with van der Waals surface area (Å²) in [5.41, 5.74) is -0.0302. The second kappa shape index (κ2) is 8.24. The summed E-state index contributed by atoms with van der Waals surface area (Å²) in [4.78, 5) is 29.1. The highest BCUT2D eigenvalue weighted by molar-refractivity contribution is 5.97. The molecule has 2 rings (SSSR count). The molecule has 1 aromatic rings. The minimum atomic E-state index is -0.625. The van der Waals surface area contributed by atoms with E-state index in [9.17, 15) is 14.0 Å². The Balaban J connectivity index is 2.09. The number of hydrogen-bond acceptors (Lipinski definition) is 3. The molecule has 1 aliphatic heterocycles. The zero-order valence-corrected chi connectivity index (χ0v) is 14.6. The van der Waals surface area contributed by atoms with Crippen LogP contribution < -0.4 is 5.32 Å². The van der Waals surface area contributed by atoms with Gasteiger partial charge in [-0.1, -0.05) is 26.0 Å². The van der Waals surface area contributed by atoms with Crippen LogP contribution in [0.25, 0.3) is 0 Å². The lowest BCUT2D eigenvalue weighted by Gasteiger charge is -2.35. The summed E-state index contributed by atoms with van der Waals surface area (Å²) >= 11 is 0. The fraction of sp³-hybridized carbons (Fsp3) is 0.556. The fourth-order valence-corrected chi connectivity index (χ4v) is 2.82. The van der Waals surface area contributed by atoms with Crippen molar-refractivity contribution in [1.29, 1.82) is 0 Å². The minimum absolute atomic E-state index is 0.0302. The molecule has 1 aliphatic rings. The Morgan fingerprint density at radius 1 is 1.17 bits per heavy atom. The molecule has 24 heavy (non-hydrogen) atoms. The van der Waals surface area contributed by atoms with E-state index in [1.165, 1.54) is 18.2 Å². The molecule has 0 aromatic heterocycles. The molecule has 1 atom stereocenters. The molecule has 1 N–H and O–H groups in total. The fourth-order valence-electron chi connectivity index (χ4n) is 2.82. The van der Waals surface area contributed by atoms with Crippen LogP contribution in [0.2, 0.25) is 0 Å². The number of benzene rings is 1. The minimum Gasteiger partial charge on any atom is -0.340 e. The van der Waals surface area contributed by atoms with Crippen LogP contribution in [0.1, 0.15) is 30.6 Å². The number of carbonyl (C=O) groups excluding carboxylic acids is 2. The topological polar surface area (TPSA) is 52.7 Å². The van der Waals surface area contributed by atoms with Gasteiger partial charge in [-0.15, -0.1) is 0 Å². The lowest BCUT2D eigenvalue weighted by atomic mass is 10.0. The van der Waals surface area contributed by atoms with Crippen LogP contribution in [-0.2, 0) is 4.79 Å². The van der Waals surface area contributed by atoms with Crippen LogP contribution >= 0.6 is 0 Å². The highest BCUT2D eigenvalue weighted by Crippen LogP contribution is 2.12. The van der Waals surface area contributed by atoms with E-state index in [2.05, 4.69) is 10.2 Å². The van der Waals surface area contributed by atoms with Gasteiger partial charge in [0.15, 0.2) is 0 Å². The van der Waals surface area contributed by atoms with Gasteiger partial charge in [0.1, 0.15) is 11.9 Å². The van der Waals surface area contributed by atoms with Gasteiger partial charge in [-0.05, 0) is 31.5 Å². The highest BCUT2D eigenvalue weighted by atomic mass is 19.1. The Bertz CT molecular complexity index is 583. The maximum Gasteiger partial charge on any atom is 0.254 e.